The fraction of sp³-hybridized carbons (Fsp3) is 0.440. The zero-order valence-electron chi connectivity index (χ0n) is 20.8. The van der Waals surface area contributed by atoms with Crippen molar-refractivity contribution in [3.05, 3.63) is 53.2 Å². The van der Waals surface area contributed by atoms with Gasteiger partial charge in [-0.2, -0.15) is 0 Å². The number of anilines is 1. The molecule has 8 nitrogen and oxygen atoms in total. The number of aliphatic hydroxyl groups excluding tert-OH is 1. The highest BCUT2D eigenvalue weighted by atomic mass is 32.1. The van der Waals surface area contributed by atoms with Gasteiger partial charge in [0.25, 0.3) is 5.91 Å². The number of carbonyl (C=O) groups is 2. The maximum Gasteiger partial charge on any atom is 0.256 e. The van der Waals surface area contributed by atoms with Gasteiger partial charge in [0.15, 0.2) is 32.2 Å². The first kappa shape index (κ1) is 26.5. The number of thiophene rings is 1. The topological polar surface area (TPSA) is 111 Å². The van der Waals surface area contributed by atoms with E-state index in [4.69, 9.17) is 9.16 Å². The molecule has 4 atom stereocenters. The molecule has 4 rings (SSSR count). The molecule has 2 N–H and O–H groups in total. The molecule has 1 amide bonds. The summed E-state index contributed by atoms with van der Waals surface area (Å²) in [4.78, 5) is 33.3. The molecule has 36 heavy (non-hydrogen) atoms. The highest BCUT2D eigenvalue weighted by Gasteiger charge is 2.59. The molecule has 0 bridgehead atoms. The molecule has 1 aliphatic rings. The van der Waals surface area contributed by atoms with E-state index in [-0.39, 0.29) is 16.8 Å². The van der Waals surface area contributed by atoms with Gasteiger partial charge in [0.2, 0.25) is 0 Å². The third kappa shape index (κ3) is 4.61. The molecule has 1 fully saturated rings. The monoisotopic (exact) mass is 531 g/mol. The number of nitrogens with one attached hydrogen (secondary N) is 1. The van der Waals surface area contributed by atoms with Gasteiger partial charge in [-0.3, -0.25) is 9.59 Å². The minimum absolute atomic E-state index is 0.247. The maximum absolute atomic E-state index is 16.1. The van der Waals surface area contributed by atoms with E-state index in [0.717, 1.165) is 0 Å². The van der Waals surface area contributed by atoms with Gasteiger partial charge >= 0.3 is 0 Å². The van der Waals surface area contributed by atoms with E-state index in [1.54, 1.807) is 29.6 Å². The van der Waals surface area contributed by atoms with E-state index in [9.17, 15) is 14.7 Å². The molecule has 0 aliphatic carbocycles. The molecule has 3 heterocycles. The van der Waals surface area contributed by atoms with Crippen molar-refractivity contribution in [1.82, 2.24) is 9.97 Å². The van der Waals surface area contributed by atoms with Crippen molar-refractivity contribution in [2.24, 2.45) is 0 Å². The van der Waals surface area contributed by atoms with E-state index in [2.05, 4.69) is 15.3 Å². The minimum atomic E-state index is -2.52. The summed E-state index contributed by atoms with van der Waals surface area (Å²) in [5.41, 5.74) is -0.572. The van der Waals surface area contributed by atoms with Gasteiger partial charge in [-0.15, -0.1) is 11.3 Å². The molecule has 192 valence electrons. The second-order valence-corrected chi connectivity index (χ2v) is 16.1. The molecular weight excluding hydrogens is 501 g/mol. The molecule has 11 heteroatoms. The SMILES string of the molecule is CC(C)(C)[Si](C)(C)O[C@H]1[C@@H](F)[C@H](c2csc3c(NC(=O)c4ccccc4)ncnc23)O[C@@]1(C=O)CO. The Balaban J connectivity index is 1.69. The average molecular weight is 532 g/mol. The predicted molar refractivity (Wildman–Crippen MR) is 138 cm³/mol. The Morgan fingerprint density at radius 3 is 2.61 bits per heavy atom. The number of aromatic nitrogens is 2. The lowest BCUT2D eigenvalue weighted by atomic mass is 9.96. The number of ether oxygens (including phenoxy) is 1. The van der Waals surface area contributed by atoms with Gasteiger partial charge in [0.1, 0.15) is 18.5 Å². The van der Waals surface area contributed by atoms with Gasteiger partial charge in [-0.25, -0.2) is 14.4 Å². The summed E-state index contributed by atoms with van der Waals surface area (Å²) in [6.07, 6.45) is -2.49. The second kappa shape index (κ2) is 9.71. The lowest BCUT2D eigenvalue weighted by Crippen LogP contribution is -2.55. The number of halogens is 1. The van der Waals surface area contributed by atoms with Crippen molar-refractivity contribution < 1.29 is 28.2 Å². The van der Waals surface area contributed by atoms with E-state index < -0.39 is 38.9 Å². The number of alkyl halides is 1. The van der Waals surface area contributed by atoms with Gasteiger partial charge in [0, 0.05) is 11.1 Å². The molecule has 0 spiro atoms. The lowest BCUT2D eigenvalue weighted by molar-refractivity contribution is -0.145. The van der Waals surface area contributed by atoms with Gasteiger partial charge in [0.05, 0.1) is 16.8 Å². The van der Waals surface area contributed by atoms with Crippen LogP contribution in [0.4, 0.5) is 10.2 Å². The molecule has 0 unspecified atom stereocenters. The van der Waals surface area contributed by atoms with E-state index in [1.165, 1.54) is 17.7 Å². The second-order valence-electron chi connectivity index (χ2n) is 10.4. The van der Waals surface area contributed by atoms with Crippen molar-refractivity contribution >= 4 is 47.9 Å². The number of aliphatic hydroxyl groups is 1. The van der Waals surface area contributed by atoms with Crippen LogP contribution in [0.25, 0.3) is 10.2 Å². The van der Waals surface area contributed by atoms with Crippen LogP contribution in [0.15, 0.2) is 42.0 Å². The third-order valence-corrected chi connectivity index (χ3v) is 12.5. The van der Waals surface area contributed by atoms with E-state index in [0.29, 0.717) is 27.6 Å². The molecule has 0 saturated carbocycles. The first-order valence-electron chi connectivity index (χ1n) is 11.6. The molecule has 1 aromatic carbocycles. The van der Waals surface area contributed by atoms with Crippen molar-refractivity contribution in [3.8, 4) is 0 Å². The summed E-state index contributed by atoms with van der Waals surface area (Å²) in [5.74, 6) is -0.0505. The number of amides is 1. The van der Waals surface area contributed by atoms with Crippen LogP contribution in [0.3, 0.4) is 0 Å². The molecular formula is C25H30FN3O5SSi. The Hall–Kier alpha value is -2.57. The average Bonchev–Trinajstić information content (AvgIpc) is 3.39. The predicted octanol–water partition coefficient (Wildman–Crippen LogP) is 4.67. The summed E-state index contributed by atoms with van der Waals surface area (Å²) in [5, 5.41) is 14.3. The Morgan fingerprint density at radius 1 is 1.31 bits per heavy atom. The fourth-order valence-electron chi connectivity index (χ4n) is 3.88. The Kier molecular flexibility index (Phi) is 7.15. The number of hydrogen-bond acceptors (Lipinski definition) is 8. The largest absolute Gasteiger partial charge is 0.407 e. The molecule has 3 aromatic rings. The standard InChI is InChI=1S/C25H30FN3O5SSi/c1-24(2,3)36(4,5)34-21-17(26)19(33-25(21,12-30)13-31)16-11-35-20-18(16)27-14-28-22(20)29-23(32)15-9-7-6-8-10-15/h6-12,14,17,19,21,31H,13H2,1-5H3,(H,27,28,29,32)/t17-,19-,21-,25-/m0/s1. The van der Waals surface area contributed by atoms with Crippen LogP contribution in [-0.2, 0) is 14.0 Å². The number of nitrogens with zero attached hydrogens (tertiary/aromatic N) is 2. The van der Waals surface area contributed by atoms with Crippen LogP contribution >= 0.6 is 11.3 Å². The normalized spacial score (nSPS) is 24.7. The zero-order chi connectivity index (χ0) is 26.3. The van der Waals surface area contributed by atoms with Crippen LogP contribution in [-0.4, -0.2) is 60.1 Å². The zero-order valence-corrected chi connectivity index (χ0v) is 22.6. The third-order valence-electron chi connectivity index (χ3n) is 7.04. The number of aldehydes is 1. The van der Waals surface area contributed by atoms with Crippen molar-refractivity contribution in [2.75, 3.05) is 11.9 Å². The minimum Gasteiger partial charge on any atom is -0.407 e. The summed E-state index contributed by atoms with van der Waals surface area (Å²) in [7, 11) is -2.52. The smallest absolute Gasteiger partial charge is 0.256 e. The summed E-state index contributed by atoms with van der Waals surface area (Å²) in [6.45, 7) is 9.22. The first-order valence-corrected chi connectivity index (χ1v) is 15.4. The number of carbonyl (C=O) groups excluding carboxylic acids is 2. The Labute approximate surface area is 214 Å². The van der Waals surface area contributed by atoms with Crippen molar-refractivity contribution in [3.63, 3.8) is 0 Å². The highest BCUT2D eigenvalue weighted by molar-refractivity contribution is 7.18. The van der Waals surface area contributed by atoms with E-state index in [1.807, 2.05) is 39.9 Å². The number of hydrogen-bond donors (Lipinski definition) is 2. The number of fused-ring (bicyclic) bond motifs is 1. The summed E-state index contributed by atoms with van der Waals surface area (Å²) in [6, 6.07) is 8.70. The van der Waals surface area contributed by atoms with Crippen molar-refractivity contribution in [2.45, 2.75) is 62.9 Å². The summed E-state index contributed by atoms with van der Waals surface area (Å²) >= 11 is 1.23. The Bertz CT molecular complexity index is 1270. The van der Waals surface area contributed by atoms with Crippen molar-refractivity contribution in [1.29, 1.82) is 0 Å². The molecule has 1 aliphatic heterocycles. The van der Waals surface area contributed by atoms with E-state index >= 15 is 4.39 Å². The quantitative estimate of drug-likeness (QED) is 0.337. The lowest BCUT2D eigenvalue weighted by Gasteiger charge is -2.41. The molecule has 0 radical (unpaired) electrons. The number of rotatable bonds is 7. The van der Waals surface area contributed by atoms with Crippen LogP contribution in [0.5, 0.6) is 0 Å². The first-order chi connectivity index (χ1) is 16.9. The van der Waals surface area contributed by atoms with Gasteiger partial charge in [-0.1, -0.05) is 39.0 Å². The Morgan fingerprint density at radius 2 is 2.00 bits per heavy atom. The highest BCUT2D eigenvalue weighted by Crippen LogP contribution is 2.48. The number of benzene rings is 1. The fourth-order valence-corrected chi connectivity index (χ4v) is 6.19. The summed E-state index contributed by atoms with van der Waals surface area (Å²) < 4.78 is 28.8. The van der Waals surface area contributed by atoms with Gasteiger partial charge in [-0.05, 0) is 35.6 Å². The van der Waals surface area contributed by atoms with Gasteiger partial charge < -0.3 is 19.6 Å². The van der Waals surface area contributed by atoms with Crippen LogP contribution < -0.4 is 5.32 Å². The molecule has 1 saturated heterocycles. The van der Waals surface area contributed by atoms with Crippen LogP contribution in [0, 0.1) is 0 Å². The van der Waals surface area contributed by atoms with Crippen LogP contribution in [0.1, 0.15) is 42.8 Å². The van der Waals surface area contributed by atoms with Crippen LogP contribution in [0.2, 0.25) is 18.1 Å². The maximum atomic E-state index is 16.1. The molecule has 2 aromatic heterocycles.